The zero-order valence-corrected chi connectivity index (χ0v) is 8.87. The maximum atomic E-state index is 10.5. The number of nitrogens with zero attached hydrogens (tertiary/aromatic N) is 1. The molecule has 0 saturated heterocycles. The van der Waals surface area contributed by atoms with Crippen molar-refractivity contribution in [3.05, 3.63) is 40.4 Å². The van der Waals surface area contributed by atoms with Gasteiger partial charge in [0, 0.05) is 16.2 Å². The molecule has 4 heteroatoms. The smallest absolute Gasteiger partial charge is 0.222 e. The highest BCUT2D eigenvalue weighted by Gasteiger charge is 2.16. The van der Waals surface area contributed by atoms with Crippen molar-refractivity contribution in [3.8, 4) is 0 Å². The normalized spacial score (nSPS) is 12.4. The van der Waals surface area contributed by atoms with Crippen LogP contribution in [0.25, 0.3) is 0 Å². The average molecular weight is 211 g/mol. The van der Waals surface area contributed by atoms with E-state index in [0.717, 1.165) is 4.90 Å². The first kappa shape index (κ1) is 11.0. The number of nitro groups is 1. The minimum absolute atomic E-state index is 0.198. The number of benzene rings is 1. The molecule has 0 heterocycles. The highest BCUT2D eigenvalue weighted by Crippen LogP contribution is 2.19. The second kappa shape index (κ2) is 5.65. The summed E-state index contributed by atoms with van der Waals surface area (Å²) in [6.45, 7) is 1.85. The maximum absolute atomic E-state index is 10.5. The minimum Gasteiger partial charge on any atom is -0.264 e. The lowest BCUT2D eigenvalue weighted by Gasteiger charge is -2.05. The SMILES string of the molecule is CCC(CSc1ccccc1)[N+](=O)[O-]. The fourth-order valence-corrected chi connectivity index (χ4v) is 2.13. The molecule has 1 aromatic carbocycles. The van der Waals surface area contributed by atoms with E-state index in [4.69, 9.17) is 0 Å². The molecule has 0 aliphatic heterocycles. The fourth-order valence-electron chi connectivity index (χ4n) is 1.04. The van der Waals surface area contributed by atoms with Crippen molar-refractivity contribution in [1.29, 1.82) is 0 Å². The van der Waals surface area contributed by atoms with Crippen LogP contribution in [0, 0.1) is 10.1 Å². The van der Waals surface area contributed by atoms with Crippen molar-refractivity contribution in [2.24, 2.45) is 0 Å². The Morgan fingerprint density at radius 2 is 2.07 bits per heavy atom. The highest BCUT2D eigenvalue weighted by atomic mass is 32.2. The molecule has 14 heavy (non-hydrogen) atoms. The number of thioether (sulfide) groups is 1. The van der Waals surface area contributed by atoms with Crippen LogP contribution in [0.15, 0.2) is 35.2 Å². The summed E-state index contributed by atoms with van der Waals surface area (Å²) >= 11 is 1.54. The predicted octanol–water partition coefficient (Wildman–Crippen LogP) is 2.83. The van der Waals surface area contributed by atoms with Gasteiger partial charge in [-0.1, -0.05) is 25.1 Å². The van der Waals surface area contributed by atoms with Gasteiger partial charge < -0.3 is 0 Å². The molecule has 0 aromatic heterocycles. The third-order valence-electron chi connectivity index (χ3n) is 1.95. The number of hydrogen-bond acceptors (Lipinski definition) is 3. The summed E-state index contributed by atoms with van der Waals surface area (Å²) in [5, 5.41) is 10.5. The van der Waals surface area contributed by atoms with Crippen LogP contribution in [0.2, 0.25) is 0 Å². The Bertz CT molecular complexity index is 289. The summed E-state index contributed by atoms with van der Waals surface area (Å²) in [5.41, 5.74) is 0. The van der Waals surface area contributed by atoms with Crippen molar-refractivity contribution in [2.75, 3.05) is 5.75 Å². The van der Waals surface area contributed by atoms with Gasteiger partial charge >= 0.3 is 0 Å². The summed E-state index contributed by atoms with van der Waals surface area (Å²) in [6, 6.07) is 9.33. The molecule has 0 N–H and O–H groups in total. The molecule has 0 bridgehead atoms. The molecule has 0 aliphatic rings. The fraction of sp³-hybridized carbons (Fsp3) is 0.400. The highest BCUT2D eigenvalue weighted by molar-refractivity contribution is 7.99. The van der Waals surface area contributed by atoms with Crippen LogP contribution in [-0.4, -0.2) is 16.7 Å². The van der Waals surface area contributed by atoms with E-state index in [1.807, 2.05) is 37.3 Å². The number of rotatable bonds is 5. The van der Waals surface area contributed by atoms with Crippen molar-refractivity contribution in [1.82, 2.24) is 0 Å². The third kappa shape index (κ3) is 3.38. The van der Waals surface area contributed by atoms with Crippen LogP contribution in [0.5, 0.6) is 0 Å². The molecule has 0 radical (unpaired) electrons. The van der Waals surface area contributed by atoms with Crippen LogP contribution < -0.4 is 0 Å². The summed E-state index contributed by atoms with van der Waals surface area (Å²) in [7, 11) is 0. The van der Waals surface area contributed by atoms with Gasteiger partial charge in [-0.15, -0.1) is 11.8 Å². The maximum Gasteiger partial charge on any atom is 0.222 e. The lowest BCUT2D eigenvalue weighted by molar-refractivity contribution is -0.516. The molecule has 1 unspecified atom stereocenters. The van der Waals surface area contributed by atoms with E-state index in [2.05, 4.69) is 0 Å². The van der Waals surface area contributed by atoms with Gasteiger partial charge in [-0.2, -0.15) is 0 Å². The van der Waals surface area contributed by atoms with Crippen molar-refractivity contribution >= 4 is 11.8 Å². The lowest BCUT2D eigenvalue weighted by Crippen LogP contribution is -2.20. The quantitative estimate of drug-likeness (QED) is 0.427. The van der Waals surface area contributed by atoms with Crippen LogP contribution in [0.1, 0.15) is 13.3 Å². The standard InChI is InChI=1S/C10H13NO2S/c1-2-9(11(12)13)8-14-10-6-4-3-5-7-10/h3-7,9H,2,8H2,1H3. The Hall–Kier alpha value is -1.03. The molecular formula is C10H13NO2S. The van der Waals surface area contributed by atoms with Gasteiger partial charge in [0.15, 0.2) is 0 Å². The summed E-state index contributed by atoms with van der Waals surface area (Å²) < 4.78 is 0. The van der Waals surface area contributed by atoms with E-state index < -0.39 is 6.04 Å². The molecule has 0 saturated carbocycles. The van der Waals surface area contributed by atoms with Gasteiger partial charge in [-0.3, -0.25) is 10.1 Å². The lowest BCUT2D eigenvalue weighted by atomic mass is 10.3. The van der Waals surface area contributed by atoms with E-state index in [9.17, 15) is 10.1 Å². The monoisotopic (exact) mass is 211 g/mol. The molecule has 1 aromatic rings. The minimum atomic E-state index is -0.430. The zero-order valence-electron chi connectivity index (χ0n) is 8.05. The topological polar surface area (TPSA) is 43.1 Å². The van der Waals surface area contributed by atoms with Gasteiger partial charge in [0.25, 0.3) is 0 Å². The molecule has 76 valence electrons. The van der Waals surface area contributed by atoms with E-state index in [-0.39, 0.29) is 4.92 Å². The third-order valence-corrected chi connectivity index (χ3v) is 3.11. The van der Waals surface area contributed by atoms with Crippen LogP contribution in [-0.2, 0) is 0 Å². The average Bonchev–Trinajstić information content (AvgIpc) is 2.20. The molecule has 3 nitrogen and oxygen atoms in total. The zero-order chi connectivity index (χ0) is 10.4. The van der Waals surface area contributed by atoms with Crippen LogP contribution >= 0.6 is 11.8 Å². The Kier molecular flexibility index (Phi) is 4.46. The Balaban J connectivity index is 2.44. The molecule has 0 fully saturated rings. The summed E-state index contributed by atoms with van der Waals surface area (Å²) in [6.07, 6.45) is 0.590. The number of hydrogen-bond donors (Lipinski definition) is 0. The second-order valence-corrected chi connectivity index (χ2v) is 4.06. The summed E-state index contributed by atoms with van der Waals surface area (Å²) in [4.78, 5) is 11.4. The van der Waals surface area contributed by atoms with Crippen LogP contribution in [0.3, 0.4) is 0 Å². The first-order chi connectivity index (χ1) is 6.74. The largest absolute Gasteiger partial charge is 0.264 e. The van der Waals surface area contributed by atoms with E-state index >= 15 is 0 Å². The summed E-state index contributed by atoms with van der Waals surface area (Å²) in [5.74, 6) is 0.549. The van der Waals surface area contributed by atoms with Gasteiger partial charge in [0.2, 0.25) is 6.04 Å². The van der Waals surface area contributed by atoms with E-state index in [1.165, 1.54) is 11.8 Å². The molecular weight excluding hydrogens is 198 g/mol. The molecule has 0 aliphatic carbocycles. The Labute approximate surface area is 87.7 Å². The molecule has 0 spiro atoms. The predicted molar refractivity (Wildman–Crippen MR) is 58.2 cm³/mol. The van der Waals surface area contributed by atoms with E-state index in [0.29, 0.717) is 12.2 Å². The molecule has 0 amide bonds. The van der Waals surface area contributed by atoms with E-state index in [1.54, 1.807) is 0 Å². The van der Waals surface area contributed by atoms with Crippen LogP contribution in [0.4, 0.5) is 0 Å². The van der Waals surface area contributed by atoms with Crippen molar-refractivity contribution in [2.45, 2.75) is 24.3 Å². The Morgan fingerprint density at radius 3 is 2.57 bits per heavy atom. The first-order valence-electron chi connectivity index (χ1n) is 4.55. The molecule has 1 rings (SSSR count). The van der Waals surface area contributed by atoms with Crippen molar-refractivity contribution in [3.63, 3.8) is 0 Å². The molecule has 1 atom stereocenters. The van der Waals surface area contributed by atoms with Crippen molar-refractivity contribution < 1.29 is 4.92 Å². The second-order valence-electron chi connectivity index (χ2n) is 2.97. The van der Waals surface area contributed by atoms with Gasteiger partial charge in [-0.25, -0.2) is 0 Å². The van der Waals surface area contributed by atoms with Gasteiger partial charge in [-0.05, 0) is 12.1 Å². The Morgan fingerprint density at radius 1 is 1.43 bits per heavy atom. The van der Waals surface area contributed by atoms with Gasteiger partial charge in [0.1, 0.15) is 0 Å². The first-order valence-corrected chi connectivity index (χ1v) is 5.54. The van der Waals surface area contributed by atoms with Gasteiger partial charge in [0.05, 0.1) is 5.75 Å².